The third-order valence-corrected chi connectivity index (χ3v) is 2.31. The molecule has 0 saturated carbocycles. The molecule has 0 aliphatic heterocycles. The molecule has 1 rings (SSSR count). The molecule has 0 spiro atoms. The first-order valence-electron chi connectivity index (χ1n) is 4.70. The summed E-state index contributed by atoms with van der Waals surface area (Å²) < 4.78 is 0. The van der Waals surface area contributed by atoms with Crippen molar-refractivity contribution in [1.82, 2.24) is 0 Å². The second-order valence-corrected chi connectivity index (χ2v) is 3.75. The molecule has 0 radical (unpaired) electrons. The van der Waals surface area contributed by atoms with Crippen molar-refractivity contribution in [3.05, 3.63) is 35.4 Å². The monoisotopic (exact) mass is 176 g/mol. The third kappa shape index (κ3) is 2.41. The summed E-state index contributed by atoms with van der Waals surface area (Å²) in [7, 11) is 0. The quantitative estimate of drug-likeness (QED) is 0.647. The highest BCUT2D eigenvalue weighted by atomic mass is 16.1. The van der Waals surface area contributed by atoms with Gasteiger partial charge in [-0.2, -0.15) is 0 Å². The van der Waals surface area contributed by atoms with Gasteiger partial charge in [0, 0.05) is 5.92 Å². The standard InChI is InChI=1S/C12H16O/c1-9(2)11-5-4-6-12(7-11)10(3)8-13/h4-10H,1-3H3. The molecule has 13 heavy (non-hydrogen) atoms. The van der Waals surface area contributed by atoms with Crippen LogP contribution < -0.4 is 0 Å². The predicted octanol–water partition coefficient (Wildman–Crippen LogP) is 3.11. The minimum atomic E-state index is 0.0127. The smallest absolute Gasteiger partial charge is 0.127 e. The van der Waals surface area contributed by atoms with Crippen LogP contribution in [0.15, 0.2) is 24.3 Å². The number of benzene rings is 1. The largest absolute Gasteiger partial charge is 0.303 e. The van der Waals surface area contributed by atoms with Gasteiger partial charge >= 0.3 is 0 Å². The molecule has 1 atom stereocenters. The molecule has 0 N–H and O–H groups in total. The molecule has 0 fully saturated rings. The van der Waals surface area contributed by atoms with Crippen LogP contribution in [0, 0.1) is 0 Å². The van der Waals surface area contributed by atoms with Crippen molar-refractivity contribution >= 4 is 6.29 Å². The van der Waals surface area contributed by atoms with E-state index < -0.39 is 0 Å². The Hall–Kier alpha value is -1.11. The summed E-state index contributed by atoms with van der Waals surface area (Å²) in [6.07, 6.45) is 0.986. The van der Waals surface area contributed by atoms with Crippen LogP contribution in [0.25, 0.3) is 0 Å². The first-order valence-corrected chi connectivity index (χ1v) is 4.70. The second kappa shape index (κ2) is 4.22. The van der Waals surface area contributed by atoms with Crippen molar-refractivity contribution in [2.75, 3.05) is 0 Å². The van der Waals surface area contributed by atoms with E-state index in [0.29, 0.717) is 5.92 Å². The van der Waals surface area contributed by atoms with Gasteiger partial charge in [-0.15, -0.1) is 0 Å². The lowest BCUT2D eigenvalue weighted by Crippen LogP contribution is -1.96. The zero-order valence-electron chi connectivity index (χ0n) is 8.45. The molecule has 0 amide bonds. The highest BCUT2D eigenvalue weighted by molar-refractivity contribution is 5.61. The molecule has 0 aliphatic rings. The van der Waals surface area contributed by atoms with Gasteiger partial charge in [-0.05, 0) is 17.0 Å². The number of carbonyl (C=O) groups excluding carboxylic acids is 1. The van der Waals surface area contributed by atoms with Crippen molar-refractivity contribution < 1.29 is 4.79 Å². The molecule has 1 heteroatoms. The van der Waals surface area contributed by atoms with E-state index in [1.165, 1.54) is 5.56 Å². The Kier molecular flexibility index (Phi) is 3.24. The van der Waals surface area contributed by atoms with E-state index >= 15 is 0 Å². The SMILES string of the molecule is CC(C)c1cccc(C(C)C=O)c1. The number of carbonyl (C=O) groups is 1. The normalized spacial score (nSPS) is 12.9. The highest BCUT2D eigenvalue weighted by Gasteiger charge is 2.05. The van der Waals surface area contributed by atoms with Gasteiger partial charge in [0.2, 0.25) is 0 Å². The summed E-state index contributed by atoms with van der Waals surface area (Å²) in [5.41, 5.74) is 2.41. The van der Waals surface area contributed by atoms with Crippen molar-refractivity contribution in [3.8, 4) is 0 Å². The zero-order chi connectivity index (χ0) is 9.84. The lowest BCUT2D eigenvalue weighted by molar-refractivity contribution is -0.108. The Labute approximate surface area is 79.8 Å². The summed E-state index contributed by atoms with van der Waals surface area (Å²) in [4.78, 5) is 10.6. The van der Waals surface area contributed by atoms with Crippen LogP contribution in [0.2, 0.25) is 0 Å². The second-order valence-electron chi connectivity index (χ2n) is 3.75. The Morgan fingerprint density at radius 2 is 1.77 bits per heavy atom. The van der Waals surface area contributed by atoms with Crippen LogP contribution in [-0.2, 0) is 4.79 Å². The van der Waals surface area contributed by atoms with E-state index in [-0.39, 0.29) is 5.92 Å². The molecule has 0 aliphatic carbocycles. The summed E-state index contributed by atoms with van der Waals surface area (Å²) in [6.45, 7) is 6.24. The first-order chi connectivity index (χ1) is 6.15. The molecular weight excluding hydrogens is 160 g/mol. The van der Waals surface area contributed by atoms with Gasteiger partial charge in [0.25, 0.3) is 0 Å². The van der Waals surface area contributed by atoms with E-state index in [1.54, 1.807) is 0 Å². The van der Waals surface area contributed by atoms with Crippen molar-refractivity contribution in [1.29, 1.82) is 0 Å². The molecule has 0 saturated heterocycles. The average molecular weight is 176 g/mol. The van der Waals surface area contributed by atoms with E-state index in [1.807, 2.05) is 19.1 Å². The Balaban J connectivity index is 2.97. The molecule has 1 aromatic rings. The van der Waals surface area contributed by atoms with Gasteiger partial charge in [-0.1, -0.05) is 45.0 Å². The predicted molar refractivity (Wildman–Crippen MR) is 55.0 cm³/mol. The van der Waals surface area contributed by atoms with Gasteiger partial charge in [-0.3, -0.25) is 0 Å². The Morgan fingerprint density at radius 1 is 1.15 bits per heavy atom. The maximum Gasteiger partial charge on any atom is 0.127 e. The fraction of sp³-hybridized carbons (Fsp3) is 0.417. The molecule has 1 unspecified atom stereocenters. The van der Waals surface area contributed by atoms with Gasteiger partial charge in [0.15, 0.2) is 0 Å². The minimum absolute atomic E-state index is 0.0127. The summed E-state index contributed by atoms with van der Waals surface area (Å²) in [5, 5.41) is 0. The van der Waals surface area contributed by atoms with Crippen LogP contribution >= 0.6 is 0 Å². The van der Waals surface area contributed by atoms with E-state index in [0.717, 1.165) is 11.8 Å². The molecule has 1 aromatic carbocycles. The fourth-order valence-corrected chi connectivity index (χ4v) is 1.28. The molecule has 0 heterocycles. The van der Waals surface area contributed by atoms with Crippen molar-refractivity contribution in [3.63, 3.8) is 0 Å². The summed E-state index contributed by atoms with van der Waals surface area (Å²) in [5.74, 6) is 0.539. The van der Waals surface area contributed by atoms with Crippen molar-refractivity contribution in [2.45, 2.75) is 32.6 Å². The lowest BCUT2D eigenvalue weighted by atomic mass is 9.96. The van der Waals surface area contributed by atoms with Gasteiger partial charge in [0.1, 0.15) is 6.29 Å². The highest BCUT2D eigenvalue weighted by Crippen LogP contribution is 2.19. The number of hydrogen-bond acceptors (Lipinski definition) is 1. The number of rotatable bonds is 3. The molecule has 70 valence electrons. The molecule has 0 aromatic heterocycles. The van der Waals surface area contributed by atoms with E-state index in [4.69, 9.17) is 0 Å². The summed E-state index contributed by atoms with van der Waals surface area (Å²) >= 11 is 0. The minimum Gasteiger partial charge on any atom is -0.303 e. The van der Waals surface area contributed by atoms with Crippen LogP contribution in [0.4, 0.5) is 0 Å². The fourth-order valence-electron chi connectivity index (χ4n) is 1.28. The van der Waals surface area contributed by atoms with E-state index in [2.05, 4.69) is 26.0 Å². The third-order valence-electron chi connectivity index (χ3n) is 2.31. The van der Waals surface area contributed by atoms with Crippen LogP contribution in [-0.4, -0.2) is 6.29 Å². The number of hydrogen-bond donors (Lipinski definition) is 0. The Bertz CT molecular complexity index is 289. The van der Waals surface area contributed by atoms with Crippen LogP contribution in [0.3, 0.4) is 0 Å². The maximum absolute atomic E-state index is 10.6. The zero-order valence-corrected chi connectivity index (χ0v) is 8.45. The maximum atomic E-state index is 10.6. The topological polar surface area (TPSA) is 17.1 Å². The van der Waals surface area contributed by atoms with Crippen LogP contribution in [0.1, 0.15) is 43.7 Å². The first kappa shape index (κ1) is 9.97. The van der Waals surface area contributed by atoms with Crippen LogP contribution in [0.5, 0.6) is 0 Å². The van der Waals surface area contributed by atoms with Gasteiger partial charge in [-0.25, -0.2) is 0 Å². The van der Waals surface area contributed by atoms with Gasteiger partial charge in [0.05, 0.1) is 0 Å². The van der Waals surface area contributed by atoms with Gasteiger partial charge < -0.3 is 4.79 Å². The molecular formula is C12H16O. The number of aldehydes is 1. The van der Waals surface area contributed by atoms with E-state index in [9.17, 15) is 4.79 Å². The average Bonchev–Trinajstić information content (AvgIpc) is 2.17. The molecule has 0 bridgehead atoms. The Morgan fingerprint density at radius 3 is 2.31 bits per heavy atom. The van der Waals surface area contributed by atoms with Crippen molar-refractivity contribution in [2.24, 2.45) is 0 Å². The summed E-state index contributed by atoms with van der Waals surface area (Å²) in [6, 6.07) is 8.24. The lowest BCUT2D eigenvalue weighted by Gasteiger charge is -2.09. The molecule has 1 nitrogen and oxygen atoms in total.